The van der Waals surface area contributed by atoms with Gasteiger partial charge in [-0.05, 0) is 26.2 Å². The maximum atomic E-state index is 12.1. The molecule has 1 rings (SSSR count). The van der Waals surface area contributed by atoms with E-state index in [2.05, 4.69) is 4.98 Å². The highest BCUT2D eigenvalue weighted by atomic mass is 19.4. The van der Waals surface area contributed by atoms with Crippen LogP contribution in [0.4, 0.5) is 13.2 Å². The first-order valence-electron chi connectivity index (χ1n) is 6.07. The van der Waals surface area contributed by atoms with Gasteiger partial charge in [-0.3, -0.25) is 0 Å². The summed E-state index contributed by atoms with van der Waals surface area (Å²) in [7, 11) is 0. The molecule has 1 heterocycles. The van der Waals surface area contributed by atoms with Crippen LogP contribution in [-0.2, 0) is 12.1 Å². The Balaban J connectivity index is 2.64. The van der Waals surface area contributed by atoms with E-state index in [1.807, 2.05) is 6.92 Å². The van der Waals surface area contributed by atoms with Crippen molar-refractivity contribution in [3.63, 3.8) is 0 Å². The fourth-order valence-electron chi connectivity index (χ4n) is 1.94. The molecular weight excluding hydrogens is 245 g/mol. The lowest BCUT2D eigenvalue weighted by atomic mass is 9.98. The van der Waals surface area contributed by atoms with Gasteiger partial charge in [0.1, 0.15) is 11.4 Å². The minimum absolute atomic E-state index is 0.0488. The van der Waals surface area contributed by atoms with Crippen molar-refractivity contribution >= 4 is 0 Å². The summed E-state index contributed by atoms with van der Waals surface area (Å²) in [5, 5.41) is 10.2. The number of alkyl halides is 3. The van der Waals surface area contributed by atoms with Gasteiger partial charge in [0.05, 0.1) is 0 Å². The zero-order valence-corrected chi connectivity index (χ0v) is 10.7. The number of aliphatic hydroxyl groups is 1. The third-order valence-corrected chi connectivity index (χ3v) is 2.79. The zero-order chi connectivity index (χ0) is 13.8. The Labute approximate surface area is 105 Å². The topological polar surface area (TPSA) is 38.0 Å². The van der Waals surface area contributed by atoms with Crippen molar-refractivity contribution in [1.82, 2.24) is 9.55 Å². The number of hydrogen-bond donors (Lipinski definition) is 1. The van der Waals surface area contributed by atoms with Crippen LogP contribution in [0, 0.1) is 0 Å². The van der Waals surface area contributed by atoms with Crippen molar-refractivity contribution in [3.8, 4) is 0 Å². The van der Waals surface area contributed by atoms with Crippen LogP contribution >= 0.6 is 0 Å². The van der Waals surface area contributed by atoms with Crippen LogP contribution in [0.25, 0.3) is 0 Å². The van der Waals surface area contributed by atoms with Crippen LogP contribution in [-0.4, -0.2) is 20.8 Å². The molecule has 3 nitrogen and oxygen atoms in total. The summed E-state index contributed by atoms with van der Waals surface area (Å²) in [6.45, 7) is 4.20. The summed E-state index contributed by atoms with van der Waals surface area (Å²) < 4.78 is 38.0. The van der Waals surface area contributed by atoms with E-state index in [1.54, 1.807) is 17.0 Å². The van der Waals surface area contributed by atoms with Crippen LogP contribution < -0.4 is 0 Å². The number of aryl methyl sites for hydroxylation is 1. The normalized spacial score (nSPS) is 15.7. The highest BCUT2D eigenvalue weighted by molar-refractivity contribution is 5.03. The van der Waals surface area contributed by atoms with Gasteiger partial charge >= 0.3 is 6.18 Å². The Morgan fingerprint density at radius 2 is 2.00 bits per heavy atom. The molecule has 0 saturated heterocycles. The van der Waals surface area contributed by atoms with E-state index in [9.17, 15) is 18.3 Å². The first-order chi connectivity index (χ1) is 8.26. The van der Waals surface area contributed by atoms with Crippen molar-refractivity contribution in [2.24, 2.45) is 0 Å². The van der Waals surface area contributed by atoms with Crippen molar-refractivity contribution in [2.45, 2.75) is 57.9 Å². The molecule has 0 bridgehead atoms. The Hall–Kier alpha value is -1.04. The van der Waals surface area contributed by atoms with Crippen LogP contribution in [0.3, 0.4) is 0 Å². The lowest BCUT2D eigenvalue weighted by Gasteiger charge is -2.24. The van der Waals surface area contributed by atoms with E-state index in [4.69, 9.17) is 0 Å². The van der Waals surface area contributed by atoms with Crippen LogP contribution in [0.15, 0.2) is 12.4 Å². The van der Waals surface area contributed by atoms with Crippen molar-refractivity contribution in [2.75, 3.05) is 0 Å². The average molecular weight is 264 g/mol. The summed E-state index contributed by atoms with van der Waals surface area (Å²) in [5.41, 5.74) is -1.32. The second kappa shape index (κ2) is 5.73. The molecule has 0 radical (unpaired) electrons. The van der Waals surface area contributed by atoms with Gasteiger partial charge in [0, 0.05) is 25.4 Å². The van der Waals surface area contributed by atoms with E-state index >= 15 is 0 Å². The second-order valence-electron chi connectivity index (χ2n) is 4.69. The minimum Gasteiger partial charge on any atom is -0.382 e. The molecule has 18 heavy (non-hydrogen) atoms. The molecule has 0 spiro atoms. The predicted molar refractivity (Wildman–Crippen MR) is 62.0 cm³/mol. The number of imidazole rings is 1. The number of nitrogens with zero attached hydrogens (tertiary/aromatic N) is 2. The van der Waals surface area contributed by atoms with E-state index < -0.39 is 18.2 Å². The zero-order valence-electron chi connectivity index (χ0n) is 10.7. The van der Waals surface area contributed by atoms with E-state index in [0.717, 1.165) is 6.42 Å². The van der Waals surface area contributed by atoms with Crippen molar-refractivity contribution in [1.29, 1.82) is 0 Å². The van der Waals surface area contributed by atoms with Crippen molar-refractivity contribution in [3.05, 3.63) is 18.2 Å². The summed E-state index contributed by atoms with van der Waals surface area (Å²) in [4.78, 5) is 4.05. The Morgan fingerprint density at radius 1 is 1.33 bits per heavy atom. The number of aromatic nitrogens is 2. The summed E-state index contributed by atoms with van der Waals surface area (Å²) in [6, 6.07) is 0. The standard InChI is InChI=1S/C12H19F3N2O/c1-3-8-17-9-7-16-10(17)11(2,18)5-4-6-12(13,14)15/h7,9,18H,3-6,8H2,1-2H3. The van der Waals surface area contributed by atoms with Gasteiger partial charge in [-0.1, -0.05) is 6.92 Å². The highest BCUT2D eigenvalue weighted by Gasteiger charge is 2.31. The SMILES string of the molecule is CCCn1ccnc1C(C)(O)CCCC(F)(F)F. The second-order valence-corrected chi connectivity index (χ2v) is 4.69. The lowest BCUT2D eigenvalue weighted by Crippen LogP contribution is -2.27. The van der Waals surface area contributed by atoms with Gasteiger partial charge < -0.3 is 9.67 Å². The molecule has 0 fully saturated rings. The minimum atomic E-state index is -4.17. The molecule has 0 aromatic carbocycles. The fourth-order valence-corrected chi connectivity index (χ4v) is 1.94. The van der Waals surface area contributed by atoms with Gasteiger partial charge in [-0.25, -0.2) is 4.98 Å². The quantitative estimate of drug-likeness (QED) is 0.856. The maximum absolute atomic E-state index is 12.1. The van der Waals surface area contributed by atoms with E-state index in [1.165, 1.54) is 6.92 Å². The summed E-state index contributed by atoms with van der Waals surface area (Å²) in [6.07, 6.45) is -0.933. The molecule has 104 valence electrons. The number of rotatable bonds is 6. The van der Waals surface area contributed by atoms with Crippen LogP contribution in [0.5, 0.6) is 0 Å². The van der Waals surface area contributed by atoms with Gasteiger partial charge in [0.2, 0.25) is 0 Å². The molecule has 0 aliphatic carbocycles. The number of hydrogen-bond acceptors (Lipinski definition) is 2. The predicted octanol–water partition coefficient (Wildman–Crippen LogP) is 3.23. The Bertz CT molecular complexity index is 372. The average Bonchev–Trinajstić information content (AvgIpc) is 2.64. The van der Waals surface area contributed by atoms with Crippen LogP contribution in [0.2, 0.25) is 0 Å². The summed E-state index contributed by atoms with van der Waals surface area (Å²) in [5.74, 6) is 0.437. The molecule has 0 aliphatic rings. The highest BCUT2D eigenvalue weighted by Crippen LogP contribution is 2.29. The molecule has 1 atom stereocenters. The largest absolute Gasteiger partial charge is 0.389 e. The van der Waals surface area contributed by atoms with Crippen molar-refractivity contribution < 1.29 is 18.3 Å². The molecule has 0 aliphatic heterocycles. The van der Waals surface area contributed by atoms with Gasteiger partial charge in [-0.2, -0.15) is 13.2 Å². The third-order valence-electron chi connectivity index (χ3n) is 2.79. The van der Waals surface area contributed by atoms with E-state index in [-0.39, 0.29) is 12.8 Å². The summed E-state index contributed by atoms with van der Waals surface area (Å²) >= 11 is 0. The monoisotopic (exact) mass is 264 g/mol. The molecule has 0 amide bonds. The molecule has 0 saturated carbocycles. The molecule has 1 aromatic rings. The van der Waals surface area contributed by atoms with Gasteiger partial charge in [0.15, 0.2) is 0 Å². The first kappa shape index (κ1) is 15.0. The molecule has 1 aromatic heterocycles. The molecular formula is C12H19F3N2O. The molecule has 1 unspecified atom stereocenters. The molecule has 1 N–H and O–H groups in total. The first-order valence-corrected chi connectivity index (χ1v) is 6.07. The lowest BCUT2D eigenvalue weighted by molar-refractivity contribution is -0.138. The smallest absolute Gasteiger partial charge is 0.382 e. The Morgan fingerprint density at radius 3 is 2.56 bits per heavy atom. The maximum Gasteiger partial charge on any atom is 0.389 e. The van der Waals surface area contributed by atoms with Gasteiger partial charge in [-0.15, -0.1) is 0 Å². The molecule has 6 heteroatoms. The van der Waals surface area contributed by atoms with Crippen LogP contribution in [0.1, 0.15) is 45.4 Å². The Kier molecular flexibility index (Phi) is 4.78. The third kappa shape index (κ3) is 4.33. The van der Waals surface area contributed by atoms with E-state index in [0.29, 0.717) is 12.4 Å². The fraction of sp³-hybridized carbons (Fsp3) is 0.750. The van der Waals surface area contributed by atoms with Gasteiger partial charge in [0.25, 0.3) is 0 Å². The number of halogens is 3.